The van der Waals surface area contributed by atoms with Crippen LogP contribution in [0, 0.1) is 6.92 Å². The zero-order valence-corrected chi connectivity index (χ0v) is 17.4. The molecule has 1 amide bonds. The number of carbonyl (C=O) groups is 1. The van der Waals surface area contributed by atoms with Crippen LogP contribution in [0.1, 0.15) is 12.5 Å². The topological polar surface area (TPSA) is 66.5 Å². The van der Waals surface area contributed by atoms with Crippen LogP contribution in [0.4, 0.5) is 11.4 Å². The first-order valence-electron chi connectivity index (χ1n) is 8.72. The molecule has 0 aliphatic rings. The molecule has 0 aliphatic heterocycles. The molecule has 3 aromatic carbocycles. The molecule has 0 fully saturated rings. The van der Waals surface area contributed by atoms with E-state index in [9.17, 15) is 13.2 Å². The maximum atomic E-state index is 12.9. The van der Waals surface area contributed by atoms with Crippen LogP contribution in [-0.4, -0.2) is 26.6 Å². The third-order valence-electron chi connectivity index (χ3n) is 4.51. The minimum atomic E-state index is -3.71. The predicted octanol–water partition coefficient (Wildman–Crippen LogP) is 4.59. The number of aryl methyl sites for hydroxylation is 1. The minimum absolute atomic E-state index is 0.385. The van der Waals surface area contributed by atoms with Gasteiger partial charge in [-0.2, -0.15) is 0 Å². The maximum Gasteiger partial charge on any atom is 0.247 e. The molecule has 0 bridgehead atoms. The van der Waals surface area contributed by atoms with Gasteiger partial charge in [0.2, 0.25) is 15.9 Å². The Labute approximate surface area is 170 Å². The van der Waals surface area contributed by atoms with Gasteiger partial charge in [0.15, 0.2) is 0 Å². The summed E-state index contributed by atoms with van der Waals surface area (Å²) in [5.41, 5.74) is 1.70. The van der Waals surface area contributed by atoms with Crippen LogP contribution in [-0.2, 0) is 14.8 Å². The van der Waals surface area contributed by atoms with Crippen LogP contribution >= 0.6 is 11.6 Å². The number of hydrogen-bond acceptors (Lipinski definition) is 3. The normalized spacial score (nSPS) is 12.6. The van der Waals surface area contributed by atoms with Gasteiger partial charge in [-0.1, -0.05) is 48.0 Å². The lowest BCUT2D eigenvalue weighted by Crippen LogP contribution is -2.45. The molecule has 0 spiro atoms. The molecule has 1 unspecified atom stereocenters. The lowest BCUT2D eigenvalue weighted by Gasteiger charge is -2.29. The van der Waals surface area contributed by atoms with Crippen LogP contribution in [0.25, 0.3) is 10.8 Å². The number of amides is 1. The average molecular weight is 417 g/mol. The zero-order chi connectivity index (χ0) is 20.5. The molecule has 0 radical (unpaired) electrons. The molecule has 5 nitrogen and oxygen atoms in total. The van der Waals surface area contributed by atoms with Crippen molar-refractivity contribution in [3.63, 3.8) is 0 Å². The molecule has 28 heavy (non-hydrogen) atoms. The number of anilines is 2. The smallest absolute Gasteiger partial charge is 0.247 e. The van der Waals surface area contributed by atoms with Gasteiger partial charge >= 0.3 is 0 Å². The summed E-state index contributed by atoms with van der Waals surface area (Å²) in [4.78, 5) is 12.9. The first-order valence-corrected chi connectivity index (χ1v) is 10.9. The summed E-state index contributed by atoms with van der Waals surface area (Å²) in [5.74, 6) is -0.430. The first-order chi connectivity index (χ1) is 13.2. The molecule has 0 saturated carbocycles. The van der Waals surface area contributed by atoms with Crippen LogP contribution < -0.4 is 9.62 Å². The van der Waals surface area contributed by atoms with Gasteiger partial charge in [0.05, 0.1) is 11.9 Å². The highest BCUT2D eigenvalue weighted by molar-refractivity contribution is 7.92. The van der Waals surface area contributed by atoms with Crippen molar-refractivity contribution in [1.82, 2.24) is 0 Å². The largest absolute Gasteiger partial charge is 0.324 e. The Morgan fingerprint density at radius 1 is 1.04 bits per heavy atom. The quantitative estimate of drug-likeness (QED) is 0.661. The molecule has 0 heterocycles. The molecular formula is C21H21ClN2O3S. The summed E-state index contributed by atoms with van der Waals surface area (Å²) in [6, 6.07) is 17.4. The van der Waals surface area contributed by atoms with Gasteiger partial charge in [-0.15, -0.1) is 0 Å². The van der Waals surface area contributed by atoms with E-state index in [1.165, 1.54) is 0 Å². The number of hydrogen-bond donors (Lipinski definition) is 1. The van der Waals surface area contributed by atoms with E-state index in [2.05, 4.69) is 5.32 Å². The minimum Gasteiger partial charge on any atom is -0.324 e. The van der Waals surface area contributed by atoms with Crippen molar-refractivity contribution in [2.75, 3.05) is 15.9 Å². The van der Waals surface area contributed by atoms with E-state index in [4.69, 9.17) is 11.6 Å². The highest BCUT2D eigenvalue weighted by Crippen LogP contribution is 2.29. The molecule has 3 aromatic rings. The van der Waals surface area contributed by atoms with Gasteiger partial charge in [0.25, 0.3) is 0 Å². The SMILES string of the molecule is Cc1ccc(Cl)cc1N(C(C)C(=O)Nc1ccc2ccccc2c1)S(C)(=O)=O. The van der Waals surface area contributed by atoms with E-state index in [1.54, 1.807) is 38.1 Å². The van der Waals surface area contributed by atoms with Crippen molar-refractivity contribution in [3.05, 3.63) is 71.2 Å². The Balaban J connectivity index is 1.92. The van der Waals surface area contributed by atoms with E-state index in [0.29, 0.717) is 22.0 Å². The van der Waals surface area contributed by atoms with E-state index < -0.39 is 22.0 Å². The van der Waals surface area contributed by atoms with Crippen molar-refractivity contribution in [1.29, 1.82) is 0 Å². The standard InChI is InChI=1S/C21H21ClN2O3S/c1-14-8-10-18(22)13-20(14)24(28(3,26)27)15(2)21(25)23-19-11-9-16-6-4-5-7-17(16)12-19/h4-13,15H,1-3H3,(H,23,25). The molecule has 7 heteroatoms. The molecule has 0 saturated heterocycles. The Morgan fingerprint density at radius 3 is 2.39 bits per heavy atom. The number of rotatable bonds is 5. The van der Waals surface area contributed by atoms with E-state index in [-0.39, 0.29) is 0 Å². The number of halogens is 1. The number of fused-ring (bicyclic) bond motifs is 1. The van der Waals surface area contributed by atoms with Crippen LogP contribution in [0.15, 0.2) is 60.7 Å². The number of nitrogens with zero attached hydrogens (tertiary/aromatic N) is 1. The second kappa shape index (κ2) is 7.81. The van der Waals surface area contributed by atoms with E-state index in [1.807, 2.05) is 36.4 Å². The molecule has 146 valence electrons. The van der Waals surface area contributed by atoms with Gasteiger partial charge in [-0.05, 0) is 54.4 Å². The Morgan fingerprint density at radius 2 is 1.71 bits per heavy atom. The summed E-state index contributed by atoms with van der Waals surface area (Å²) in [6.07, 6.45) is 1.08. The number of sulfonamides is 1. The molecule has 0 aliphatic carbocycles. The molecule has 1 N–H and O–H groups in total. The second-order valence-corrected chi connectivity index (χ2v) is 9.01. The molecular weight excluding hydrogens is 396 g/mol. The van der Waals surface area contributed by atoms with Crippen molar-refractivity contribution in [2.45, 2.75) is 19.9 Å². The molecule has 3 rings (SSSR count). The van der Waals surface area contributed by atoms with Gasteiger partial charge in [-0.3, -0.25) is 9.10 Å². The zero-order valence-electron chi connectivity index (χ0n) is 15.8. The fraction of sp³-hybridized carbons (Fsp3) is 0.190. The summed E-state index contributed by atoms with van der Waals surface area (Å²) < 4.78 is 26.0. The number of nitrogens with one attached hydrogen (secondary N) is 1. The fourth-order valence-corrected chi connectivity index (χ4v) is 4.51. The van der Waals surface area contributed by atoms with Crippen LogP contribution in [0.2, 0.25) is 5.02 Å². The lowest BCUT2D eigenvalue weighted by molar-refractivity contribution is -0.116. The van der Waals surface area contributed by atoms with Crippen molar-refractivity contribution in [3.8, 4) is 0 Å². The third kappa shape index (κ3) is 4.29. The lowest BCUT2D eigenvalue weighted by atomic mass is 10.1. The third-order valence-corrected chi connectivity index (χ3v) is 5.98. The van der Waals surface area contributed by atoms with E-state index >= 15 is 0 Å². The van der Waals surface area contributed by atoms with Crippen molar-refractivity contribution in [2.24, 2.45) is 0 Å². The summed E-state index contributed by atoms with van der Waals surface area (Å²) in [5, 5.41) is 5.25. The van der Waals surface area contributed by atoms with Gasteiger partial charge in [0, 0.05) is 10.7 Å². The average Bonchev–Trinajstić information content (AvgIpc) is 2.63. The van der Waals surface area contributed by atoms with Gasteiger partial charge in [0.1, 0.15) is 6.04 Å². The summed E-state index contributed by atoms with van der Waals surface area (Å²) in [6.45, 7) is 3.33. The van der Waals surface area contributed by atoms with Gasteiger partial charge in [-0.25, -0.2) is 8.42 Å². The number of benzene rings is 3. The Kier molecular flexibility index (Phi) is 5.63. The molecule has 1 atom stereocenters. The second-order valence-electron chi connectivity index (χ2n) is 6.72. The first kappa shape index (κ1) is 20.2. The fourth-order valence-electron chi connectivity index (χ4n) is 3.11. The van der Waals surface area contributed by atoms with Crippen molar-refractivity contribution < 1.29 is 13.2 Å². The summed E-state index contributed by atoms with van der Waals surface area (Å²) >= 11 is 6.06. The molecule has 0 aromatic heterocycles. The van der Waals surface area contributed by atoms with Crippen molar-refractivity contribution >= 4 is 49.7 Å². The maximum absolute atomic E-state index is 12.9. The highest BCUT2D eigenvalue weighted by Gasteiger charge is 2.30. The van der Waals surface area contributed by atoms with Gasteiger partial charge < -0.3 is 5.32 Å². The van der Waals surface area contributed by atoms with Crippen LogP contribution in [0.5, 0.6) is 0 Å². The highest BCUT2D eigenvalue weighted by atomic mass is 35.5. The Bertz CT molecular complexity index is 1150. The Hall–Kier alpha value is -2.57. The number of carbonyl (C=O) groups excluding carboxylic acids is 1. The predicted molar refractivity (Wildman–Crippen MR) is 116 cm³/mol. The summed E-state index contributed by atoms with van der Waals surface area (Å²) in [7, 11) is -3.71. The van der Waals surface area contributed by atoms with Crippen LogP contribution in [0.3, 0.4) is 0 Å². The van der Waals surface area contributed by atoms with E-state index in [0.717, 1.165) is 21.3 Å². The monoisotopic (exact) mass is 416 g/mol.